The summed E-state index contributed by atoms with van der Waals surface area (Å²) in [6, 6.07) is 9.40. The summed E-state index contributed by atoms with van der Waals surface area (Å²) < 4.78 is 55.9. The van der Waals surface area contributed by atoms with E-state index in [1.165, 1.54) is 7.05 Å². The molecule has 0 aromatic heterocycles. The van der Waals surface area contributed by atoms with Gasteiger partial charge in [-0.3, -0.25) is 14.0 Å². The smallest absolute Gasteiger partial charge is 0.397 e. The summed E-state index contributed by atoms with van der Waals surface area (Å²) in [5, 5.41) is -0.249. The summed E-state index contributed by atoms with van der Waals surface area (Å²) in [5.41, 5.74) is 0. The fraction of sp³-hybridized carbons (Fsp3) is 0.677. The first-order valence-corrected chi connectivity index (χ1v) is 21.2. The summed E-state index contributed by atoms with van der Waals surface area (Å²) in [6.07, 6.45) is 8.84. The fourth-order valence-corrected chi connectivity index (χ4v) is 13.6. The van der Waals surface area contributed by atoms with Crippen LogP contribution in [0.5, 0.6) is 5.75 Å². The van der Waals surface area contributed by atoms with Gasteiger partial charge in [0.05, 0.1) is 18.5 Å². The molecule has 0 heterocycles. The number of hydrogen-bond acceptors (Lipinski definition) is 8. The molecular formula is C31H52BrN2O7PS2. The molecule has 0 aliphatic heterocycles. The SMILES string of the molecule is CCC=CCCOC(=O)C(=O)N(C)P(=O)(SC(C)CC)N(CCCC(CC)Oc1ccccc1)S(=O)(=O)CCCC(Br)CC. The van der Waals surface area contributed by atoms with Crippen LogP contribution in [0.4, 0.5) is 0 Å². The van der Waals surface area contributed by atoms with Gasteiger partial charge in [0, 0.05) is 23.7 Å². The van der Waals surface area contributed by atoms with E-state index in [4.69, 9.17) is 9.47 Å². The number of rotatable bonds is 22. The largest absolute Gasteiger partial charge is 0.490 e. The van der Waals surface area contributed by atoms with Gasteiger partial charge in [-0.25, -0.2) is 13.2 Å². The fourth-order valence-electron chi connectivity index (χ4n) is 4.11. The molecule has 1 amide bonds. The number of allylic oxidation sites excluding steroid dienone is 1. The Kier molecular flexibility index (Phi) is 19.8. The minimum atomic E-state index is -4.20. The Balaban J connectivity index is 3.34. The number of carbonyl (C=O) groups is 2. The van der Waals surface area contributed by atoms with Gasteiger partial charge in [-0.15, -0.1) is 4.08 Å². The van der Waals surface area contributed by atoms with Crippen LogP contribution in [-0.2, 0) is 28.9 Å². The highest BCUT2D eigenvalue weighted by atomic mass is 79.9. The van der Waals surface area contributed by atoms with Gasteiger partial charge in [0.2, 0.25) is 10.0 Å². The van der Waals surface area contributed by atoms with Crippen LogP contribution in [-0.4, -0.2) is 71.2 Å². The molecule has 1 aromatic carbocycles. The second-order valence-electron chi connectivity index (χ2n) is 10.6. The Labute approximate surface area is 278 Å². The van der Waals surface area contributed by atoms with Gasteiger partial charge in [0.1, 0.15) is 5.75 Å². The zero-order valence-corrected chi connectivity index (χ0v) is 31.3. The van der Waals surface area contributed by atoms with Crippen LogP contribution in [0.25, 0.3) is 0 Å². The number of likely N-dealkylation sites (N-methyl/N-ethyl adjacent to an activating group) is 1. The lowest BCUT2D eigenvalue weighted by Crippen LogP contribution is -2.41. The first-order chi connectivity index (χ1) is 20.9. The lowest BCUT2D eigenvalue weighted by Gasteiger charge is -2.36. The van der Waals surface area contributed by atoms with Crippen molar-refractivity contribution in [3.8, 4) is 5.75 Å². The van der Waals surface area contributed by atoms with Crippen molar-refractivity contribution in [3.63, 3.8) is 0 Å². The Morgan fingerprint density at radius 3 is 2.30 bits per heavy atom. The van der Waals surface area contributed by atoms with E-state index in [9.17, 15) is 22.6 Å². The molecule has 0 saturated heterocycles. The van der Waals surface area contributed by atoms with E-state index in [0.717, 1.165) is 38.7 Å². The van der Waals surface area contributed by atoms with Crippen molar-refractivity contribution >= 4 is 55.9 Å². The van der Waals surface area contributed by atoms with Crippen LogP contribution in [0.3, 0.4) is 0 Å². The maximum Gasteiger partial charge on any atom is 0.397 e. The number of benzene rings is 1. The minimum Gasteiger partial charge on any atom is -0.490 e. The third-order valence-corrected chi connectivity index (χ3v) is 17.4. The Hall–Kier alpha value is -1.33. The molecule has 252 valence electrons. The molecule has 4 unspecified atom stereocenters. The average molecular weight is 740 g/mol. The van der Waals surface area contributed by atoms with E-state index in [2.05, 4.69) is 15.9 Å². The lowest BCUT2D eigenvalue weighted by molar-refractivity contribution is -0.157. The number of nitrogens with zero attached hydrogens (tertiary/aromatic N) is 2. The van der Waals surface area contributed by atoms with Crippen LogP contribution in [0.1, 0.15) is 92.4 Å². The highest BCUT2D eigenvalue weighted by Crippen LogP contribution is 2.66. The zero-order valence-electron chi connectivity index (χ0n) is 27.2. The van der Waals surface area contributed by atoms with E-state index in [1.807, 2.05) is 77.1 Å². The number of amides is 1. The molecule has 44 heavy (non-hydrogen) atoms. The number of sulfonamides is 1. The molecule has 4 atom stereocenters. The minimum absolute atomic E-state index is 0.00923. The third kappa shape index (κ3) is 14.0. The molecule has 0 N–H and O–H groups in total. The van der Waals surface area contributed by atoms with Crippen molar-refractivity contribution in [3.05, 3.63) is 42.5 Å². The number of ether oxygens (including phenoxy) is 2. The summed E-state index contributed by atoms with van der Waals surface area (Å²) in [4.78, 5) is 26.2. The van der Waals surface area contributed by atoms with Crippen LogP contribution < -0.4 is 4.74 Å². The van der Waals surface area contributed by atoms with E-state index in [1.54, 1.807) is 0 Å². The number of halogens is 1. The Morgan fingerprint density at radius 2 is 1.70 bits per heavy atom. The molecule has 0 fully saturated rings. The molecule has 13 heteroatoms. The predicted octanol–water partition coefficient (Wildman–Crippen LogP) is 8.21. The molecule has 0 saturated carbocycles. The van der Waals surface area contributed by atoms with Gasteiger partial charge in [-0.2, -0.15) is 0 Å². The number of hydrogen-bond donors (Lipinski definition) is 0. The Morgan fingerprint density at radius 1 is 1.02 bits per heavy atom. The molecule has 1 rings (SSSR count). The van der Waals surface area contributed by atoms with E-state index in [-0.39, 0.29) is 35.1 Å². The van der Waals surface area contributed by atoms with Crippen molar-refractivity contribution < 1.29 is 32.0 Å². The summed E-state index contributed by atoms with van der Waals surface area (Å²) in [6.45, 7) is 5.42. The van der Waals surface area contributed by atoms with Gasteiger partial charge < -0.3 is 9.47 Å². The molecular weight excluding hydrogens is 687 g/mol. The zero-order chi connectivity index (χ0) is 33.2. The standard InChI is InChI=1S/C31H52BrN2O7PS2/c1-7-11-12-16-24-40-31(36)30(35)33(6)42(37,43-26(5)8-2)34(44(38,39)25-18-19-27(32)9-3)23-17-22-28(10-4)41-29-20-14-13-15-21-29/h11-15,20-21,26-28H,7-10,16-19,22-25H2,1-6H3. The quantitative estimate of drug-likeness (QED) is 0.0292. The number of alkyl halides is 1. The van der Waals surface area contributed by atoms with Gasteiger partial charge in [-0.05, 0) is 69.9 Å². The monoisotopic (exact) mass is 738 g/mol. The van der Waals surface area contributed by atoms with Crippen molar-refractivity contribution in [2.75, 3.05) is 26.0 Å². The first-order valence-electron chi connectivity index (χ1n) is 15.6. The van der Waals surface area contributed by atoms with Crippen LogP contribution in [0.15, 0.2) is 42.5 Å². The van der Waals surface area contributed by atoms with Crippen molar-refractivity contribution in [2.24, 2.45) is 0 Å². The normalized spacial score (nSPS) is 15.5. The molecule has 0 aliphatic carbocycles. The van der Waals surface area contributed by atoms with Gasteiger partial charge in [0.15, 0.2) is 0 Å². The summed E-state index contributed by atoms with van der Waals surface area (Å²) in [7, 11) is -2.87. The topological polar surface area (TPSA) is 110 Å². The highest BCUT2D eigenvalue weighted by molar-refractivity contribution is 9.09. The third-order valence-electron chi connectivity index (χ3n) is 7.00. The van der Waals surface area contributed by atoms with Gasteiger partial charge >= 0.3 is 18.5 Å². The number of carbonyl (C=O) groups excluding carboxylic acids is 2. The van der Waals surface area contributed by atoms with Gasteiger partial charge in [-0.1, -0.05) is 92.3 Å². The number of esters is 1. The second kappa shape index (κ2) is 21.5. The van der Waals surface area contributed by atoms with Gasteiger partial charge in [0.25, 0.3) is 0 Å². The van der Waals surface area contributed by atoms with E-state index < -0.39 is 28.5 Å². The van der Waals surface area contributed by atoms with Crippen molar-refractivity contribution in [1.82, 2.24) is 8.75 Å². The molecule has 1 aromatic rings. The van der Waals surface area contributed by atoms with Crippen LogP contribution in [0.2, 0.25) is 0 Å². The van der Waals surface area contributed by atoms with Crippen LogP contribution in [0, 0.1) is 0 Å². The van der Waals surface area contributed by atoms with Crippen molar-refractivity contribution in [2.45, 2.75) is 109 Å². The average Bonchev–Trinajstić information content (AvgIpc) is 3.01. The van der Waals surface area contributed by atoms with Crippen molar-refractivity contribution in [1.29, 1.82) is 0 Å². The van der Waals surface area contributed by atoms with Crippen LogP contribution >= 0.6 is 34.0 Å². The maximum absolute atomic E-state index is 14.9. The summed E-state index contributed by atoms with van der Waals surface area (Å²) in [5.74, 6) is -1.80. The molecule has 0 spiro atoms. The van der Waals surface area contributed by atoms with E-state index >= 15 is 0 Å². The molecule has 0 radical (unpaired) electrons. The lowest BCUT2D eigenvalue weighted by atomic mass is 10.1. The predicted molar refractivity (Wildman–Crippen MR) is 186 cm³/mol. The molecule has 9 nitrogen and oxygen atoms in total. The maximum atomic E-state index is 14.9. The number of para-hydroxylation sites is 1. The van der Waals surface area contributed by atoms with E-state index in [0.29, 0.717) is 44.9 Å². The summed E-state index contributed by atoms with van der Waals surface area (Å²) >= 11 is 4.49. The highest BCUT2D eigenvalue weighted by Gasteiger charge is 2.47. The molecule has 0 bridgehead atoms. The second-order valence-corrected chi connectivity index (χ2v) is 19.3. The first kappa shape index (κ1) is 40.7. The Bertz CT molecular complexity index is 1170. The molecule has 0 aliphatic rings.